The van der Waals surface area contributed by atoms with Crippen LogP contribution in [0.15, 0.2) is 99.9 Å². The Kier molecular flexibility index (Phi) is 7.24. The lowest BCUT2D eigenvalue weighted by atomic mass is 9.94. The highest BCUT2D eigenvalue weighted by Gasteiger charge is 2.34. The third kappa shape index (κ3) is 4.75. The van der Waals surface area contributed by atoms with Crippen LogP contribution >= 0.6 is 22.9 Å². The number of fused-ring (bicyclic) bond motifs is 2. The van der Waals surface area contributed by atoms with Crippen molar-refractivity contribution in [3.05, 3.63) is 126 Å². The molecule has 3 heterocycles. The molecule has 1 aliphatic heterocycles. The molecule has 1 amide bonds. The number of aromatic amines is 1. The van der Waals surface area contributed by atoms with Crippen LogP contribution in [0.3, 0.4) is 0 Å². The molecule has 2 aromatic heterocycles. The van der Waals surface area contributed by atoms with Gasteiger partial charge in [0.25, 0.3) is 11.5 Å². The second-order valence-electron chi connectivity index (χ2n) is 9.94. The van der Waals surface area contributed by atoms with Crippen LogP contribution in [0.2, 0.25) is 5.02 Å². The normalized spacial score (nSPS) is 15.2. The number of allylic oxidation sites excluding steroid dienone is 1. The van der Waals surface area contributed by atoms with Crippen molar-refractivity contribution in [3.8, 4) is 11.3 Å². The number of carbonyl (C=O) groups excluding carboxylic acids is 1. The maximum atomic E-state index is 14.3. The SMILES string of the molecule is CCN(CC)C(=O)C1=C(C)N=c2s/c(=C/c3c(-c4ccccc4)[nH]c4ccccc34)c(=O)n2[C@H]1c1ccc(Cl)cc1. The Labute approximate surface area is 246 Å². The van der Waals surface area contributed by atoms with Gasteiger partial charge in [-0.1, -0.05) is 83.6 Å². The van der Waals surface area contributed by atoms with Gasteiger partial charge in [0.2, 0.25) is 0 Å². The van der Waals surface area contributed by atoms with Crippen molar-refractivity contribution >= 4 is 45.8 Å². The number of carbonyl (C=O) groups is 1. The predicted octanol–water partition coefficient (Wildman–Crippen LogP) is 5.91. The van der Waals surface area contributed by atoms with Gasteiger partial charge in [-0.3, -0.25) is 14.2 Å². The number of H-pyrrole nitrogens is 1. The number of hydrogen-bond acceptors (Lipinski definition) is 4. The number of hydrogen-bond donors (Lipinski definition) is 1. The van der Waals surface area contributed by atoms with Crippen molar-refractivity contribution in [2.24, 2.45) is 4.99 Å². The lowest BCUT2D eigenvalue weighted by Crippen LogP contribution is -2.43. The van der Waals surface area contributed by atoms with Crippen LogP contribution in [-0.4, -0.2) is 33.4 Å². The molecule has 8 heteroatoms. The van der Waals surface area contributed by atoms with Crippen LogP contribution in [0.1, 0.15) is 37.9 Å². The Morgan fingerprint density at radius 2 is 1.71 bits per heavy atom. The monoisotopic (exact) mass is 580 g/mol. The summed E-state index contributed by atoms with van der Waals surface area (Å²) < 4.78 is 2.22. The summed E-state index contributed by atoms with van der Waals surface area (Å²) in [6, 6.07) is 24.9. The van der Waals surface area contributed by atoms with E-state index in [-0.39, 0.29) is 11.5 Å². The summed E-state index contributed by atoms with van der Waals surface area (Å²) >= 11 is 7.56. The summed E-state index contributed by atoms with van der Waals surface area (Å²) in [6.07, 6.45) is 1.95. The average molecular weight is 581 g/mol. The number of para-hydroxylation sites is 1. The number of amides is 1. The first-order valence-electron chi connectivity index (χ1n) is 13.6. The summed E-state index contributed by atoms with van der Waals surface area (Å²) in [7, 11) is 0. The fourth-order valence-electron chi connectivity index (χ4n) is 5.51. The lowest BCUT2D eigenvalue weighted by molar-refractivity contribution is -0.127. The highest BCUT2D eigenvalue weighted by atomic mass is 35.5. The summed E-state index contributed by atoms with van der Waals surface area (Å²) in [5, 5.41) is 1.62. The first-order chi connectivity index (χ1) is 19.9. The molecule has 0 unspecified atom stereocenters. The number of benzene rings is 3. The van der Waals surface area contributed by atoms with E-state index in [1.165, 1.54) is 11.3 Å². The first-order valence-corrected chi connectivity index (χ1v) is 14.8. The molecular formula is C33H29ClN4O2S. The van der Waals surface area contributed by atoms with E-state index in [2.05, 4.69) is 23.2 Å². The van der Waals surface area contributed by atoms with Crippen molar-refractivity contribution in [2.75, 3.05) is 13.1 Å². The van der Waals surface area contributed by atoms with Crippen LogP contribution < -0.4 is 14.9 Å². The highest BCUT2D eigenvalue weighted by Crippen LogP contribution is 2.33. The largest absolute Gasteiger partial charge is 0.354 e. The summed E-state index contributed by atoms with van der Waals surface area (Å²) in [5.74, 6) is -0.117. The topological polar surface area (TPSA) is 70.5 Å². The minimum atomic E-state index is -0.615. The Morgan fingerprint density at radius 3 is 2.41 bits per heavy atom. The standard InChI is InChI=1S/C33H29ClN4O2S/c1-4-37(5-2)32(40)28-20(3)35-33-38(30(28)22-15-17-23(34)18-16-22)31(39)27(41-33)19-25-24-13-9-10-14-26(24)36-29(25)21-11-7-6-8-12-21/h6-19,30,36H,4-5H2,1-3H3/b27-19+/t30-/m0/s1. The number of halogens is 1. The number of likely N-dealkylation sites (N-methyl/N-ethyl adjacent to an activating group) is 1. The van der Waals surface area contributed by atoms with E-state index in [4.69, 9.17) is 16.6 Å². The molecule has 0 aliphatic carbocycles. The molecule has 6 nitrogen and oxygen atoms in total. The van der Waals surface area contributed by atoms with E-state index in [1.54, 1.807) is 21.6 Å². The smallest absolute Gasteiger partial charge is 0.271 e. The van der Waals surface area contributed by atoms with Gasteiger partial charge < -0.3 is 9.88 Å². The predicted molar refractivity (Wildman–Crippen MR) is 167 cm³/mol. The third-order valence-electron chi connectivity index (χ3n) is 7.57. The zero-order chi connectivity index (χ0) is 28.7. The maximum absolute atomic E-state index is 14.3. The van der Waals surface area contributed by atoms with Gasteiger partial charge in [-0.2, -0.15) is 0 Å². The summed E-state index contributed by atoms with van der Waals surface area (Å²) in [6.45, 7) is 6.88. The van der Waals surface area contributed by atoms with Crippen molar-refractivity contribution in [1.29, 1.82) is 0 Å². The van der Waals surface area contributed by atoms with Gasteiger partial charge in [0.05, 0.1) is 27.5 Å². The number of thiazole rings is 1. The molecule has 0 saturated carbocycles. The third-order valence-corrected chi connectivity index (χ3v) is 8.81. The molecule has 0 saturated heterocycles. The Morgan fingerprint density at radius 1 is 1.02 bits per heavy atom. The molecule has 6 rings (SSSR count). The van der Waals surface area contributed by atoms with Gasteiger partial charge in [-0.25, -0.2) is 4.99 Å². The number of aromatic nitrogens is 2. The molecule has 1 aliphatic rings. The van der Waals surface area contributed by atoms with Gasteiger partial charge in [0.1, 0.15) is 0 Å². The first kappa shape index (κ1) is 27.0. The average Bonchev–Trinajstić information content (AvgIpc) is 3.51. The van der Waals surface area contributed by atoms with Gasteiger partial charge in [-0.05, 0) is 56.2 Å². The van der Waals surface area contributed by atoms with E-state index < -0.39 is 6.04 Å². The maximum Gasteiger partial charge on any atom is 0.271 e. The fourth-order valence-corrected chi connectivity index (χ4v) is 6.67. The molecule has 1 N–H and O–H groups in total. The second kappa shape index (κ2) is 11.0. The Hall–Kier alpha value is -4.20. The zero-order valence-corrected chi connectivity index (χ0v) is 24.6. The van der Waals surface area contributed by atoms with Crippen LogP contribution in [0, 0.1) is 0 Å². The van der Waals surface area contributed by atoms with Gasteiger partial charge in [0, 0.05) is 34.6 Å². The van der Waals surface area contributed by atoms with Crippen LogP contribution in [0.4, 0.5) is 0 Å². The lowest BCUT2D eigenvalue weighted by Gasteiger charge is -2.29. The van der Waals surface area contributed by atoms with E-state index in [9.17, 15) is 9.59 Å². The molecule has 0 bridgehead atoms. The minimum absolute atomic E-state index is 0.117. The van der Waals surface area contributed by atoms with Gasteiger partial charge in [-0.15, -0.1) is 0 Å². The van der Waals surface area contributed by atoms with Crippen molar-refractivity contribution < 1.29 is 4.79 Å². The molecule has 5 aromatic rings. The summed E-state index contributed by atoms with van der Waals surface area (Å²) in [4.78, 5) is 38.8. The van der Waals surface area contributed by atoms with E-state index in [0.717, 1.165) is 33.3 Å². The molecule has 0 spiro atoms. The fraction of sp³-hybridized carbons (Fsp3) is 0.182. The molecule has 41 heavy (non-hydrogen) atoms. The number of rotatable bonds is 6. The molecular weight excluding hydrogens is 552 g/mol. The van der Waals surface area contributed by atoms with Crippen LogP contribution in [0.5, 0.6) is 0 Å². The molecule has 206 valence electrons. The Balaban J connectivity index is 1.60. The van der Waals surface area contributed by atoms with Crippen molar-refractivity contribution in [1.82, 2.24) is 14.5 Å². The van der Waals surface area contributed by atoms with Gasteiger partial charge >= 0.3 is 0 Å². The number of nitrogens with zero attached hydrogens (tertiary/aromatic N) is 3. The molecule has 1 atom stereocenters. The number of nitrogens with one attached hydrogen (secondary N) is 1. The molecule has 0 fully saturated rings. The van der Waals surface area contributed by atoms with E-state index in [1.807, 2.05) is 75.4 Å². The minimum Gasteiger partial charge on any atom is -0.354 e. The van der Waals surface area contributed by atoms with Crippen molar-refractivity contribution in [2.45, 2.75) is 26.8 Å². The van der Waals surface area contributed by atoms with Gasteiger partial charge in [0.15, 0.2) is 4.80 Å². The zero-order valence-electron chi connectivity index (χ0n) is 23.0. The quantitative estimate of drug-likeness (QED) is 0.271. The molecule has 0 radical (unpaired) electrons. The van der Waals surface area contributed by atoms with Crippen LogP contribution in [0.25, 0.3) is 28.2 Å². The highest BCUT2D eigenvalue weighted by molar-refractivity contribution is 7.07. The Bertz CT molecular complexity index is 1980. The second-order valence-corrected chi connectivity index (χ2v) is 11.4. The van der Waals surface area contributed by atoms with Crippen LogP contribution in [-0.2, 0) is 4.79 Å². The molecule has 3 aromatic carbocycles. The van der Waals surface area contributed by atoms with E-state index >= 15 is 0 Å². The summed E-state index contributed by atoms with van der Waals surface area (Å²) in [5.41, 5.74) is 5.66. The van der Waals surface area contributed by atoms with Crippen molar-refractivity contribution in [3.63, 3.8) is 0 Å². The van der Waals surface area contributed by atoms with E-state index in [0.29, 0.717) is 38.7 Å².